The SMILES string of the molecule is Nc1cc(F)c(S(=O)(=O)Cc2cccc(Cl)c2Cl)c(F)c1. The molecule has 2 N–H and O–H groups in total. The Morgan fingerprint density at radius 3 is 2.24 bits per heavy atom. The van der Waals surface area contributed by atoms with Gasteiger partial charge in [0, 0.05) is 5.69 Å². The Labute approximate surface area is 130 Å². The average Bonchev–Trinajstić information content (AvgIpc) is 2.33. The summed E-state index contributed by atoms with van der Waals surface area (Å²) in [7, 11) is -4.28. The maximum Gasteiger partial charge on any atom is 0.188 e. The van der Waals surface area contributed by atoms with Gasteiger partial charge in [-0.15, -0.1) is 0 Å². The number of halogens is 4. The maximum absolute atomic E-state index is 13.7. The van der Waals surface area contributed by atoms with Crippen molar-refractivity contribution < 1.29 is 17.2 Å². The van der Waals surface area contributed by atoms with Gasteiger partial charge in [-0.25, -0.2) is 17.2 Å². The molecule has 0 aliphatic rings. The summed E-state index contributed by atoms with van der Waals surface area (Å²) in [5.41, 5.74) is 5.20. The van der Waals surface area contributed by atoms with E-state index in [-0.39, 0.29) is 21.3 Å². The van der Waals surface area contributed by atoms with Gasteiger partial charge in [0.25, 0.3) is 0 Å². The molecule has 0 bridgehead atoms. The van der Waals surface area contributed by atoms with Gasteiger partial charge in [-0.3, -0.25) is 0 Å². The van der Waals surface area contributed by atoms with Crippen LogP contribution in [0.4, 0.5) is 14.5 Å². The molecule has 2 aromatic carbocycles. The number of nitrogen functional groups attached to an aromatic ring is 1. The van der Waals surface area contributed by atoms with Crippen LogP contribution in [0, 0.1) is 11.6 Å². The second-order valence-corrected chi connectivity index (χ2v) is 7.00. The molecule has 21 heavy (non-hydrogen) atoms. The van der Waals surface area contributed by atoms with Crippen LogP contribution < -0.4 is 5.73 Å². The fourth-order valence-corrected chi connectivity index (χ4v) is 3.79. The van der Waals surface area contributed by atoms with Gasteiger partial charge in [0.2, 0.25) is 0 Å². The highest BCUT2D eigenvalue weighted by molar-refractivity contribution is 7.90. The second kappa shape index (κ2) is 5.79. The molecular formula is C13H9Cl2F2NO2S. The van der Waals surface area contributed by atoms with Crippen molar-refractivity contribution >= 4 is 38.7 Å². The lowest BCUT2D eigenvalue weighted by molar-refractivity contribution is 0.520. The highest BCUT2D eigenvalue weighted by atomic mass is 35.5. The van der Waals surface area contributed by atoms with Crippen molar-refractivity contribution in [1.29, 1.82) is 0 Å². The van der Waals surface area contributed by atoms with Crippen molar-refractivity contribution in [1.82, 2.24) is 0 Å². The van der Waals surface area contributed by atoms with Crippen LogP contribution in [-0.2, 0) is 15.6 Å². The summed E-state index contributed by atoms with van der Waals surface area (Å²) in [6.45, 7) is 0. The molecule has 0 aliphatic heterocycles. The van der Waals surface area contributed by atoms with E-state index in [4.69, 9.17) is 28.9 Å². The highest BCUT2D eigenvalue weighted by Gasteiger charge is 2.26. The molecule has 0 fully saturated rings. The smallest absolute Gasteiger partial charge is 0.188 e. The molecule has 0 saturated heterocycles. The molecule has 0 unspecified atom stereocenters. The van der Waals surface area contributed by atoms with E-state index in [0.717, 1.165) is 12.1 Å². The van der Waals surface area contributed by atoms with E-state index in [0.29, 0.717) is 0 Å². The Hall–Kier alpha value is -1.37. The summed E-state index contributed by atoms with van der Waals surface area (Å²) in [6, 6.07) is 5.88. The fraction of sp³-hybridized carbons (Fsp3) is 0.0769. The third-order valence-corrected chi connectivity index (χ3v) is 5.27. The molecule has 0 heterocycles. The van der Waals surface area contributed by atoms with Crippen LogP contribution in [0.3, 0.4) is 0 Å². The highest BCUT2D eigenvalue weighted by Crippen LogP contribution is 2.30. The van der Waals surface area contributed by atoms with Crippen molar-refractivity contribution in [2.75, 3.05) is 5.73 Å². The topological polar surface area (TPSA) is 60.2 Å². The summed E-state index contributed by atoms with van der Waals surface area (Å²) in [5, 5.41) is 0.182. The van der Waals surface area contributed by atoms with Gasteiger partial charge < -0.3 is 5.73 Å². The van der Waals surface area contributed by atoms with Crippen molar-refractivity contribution in [3.63, 3.8) is 0 Å². The Kier molecular flexibility index (Phi) is 4.41. The largest absolute Gasteiger partial charge is 0.399 e. The lowest BCUT2D eigenvalue weighted by Crippen LogP contribution is -2.11. The first kappa shape index (κ1) is 16.0. The molecule has 0 aliphatic carbocycles. The Balaban J connectivity index is 2.51. The number of benzene rings is 2. The Morgan fingerprint density at radius 1 is 1.10 bits per heavy atom. The average molecular weight is 352 g/mol. The van der Waals surface area contributed by atoms with Crippen LogP contribution >= 0.6 is 23.2 Å². The van der Waals surface area contributed by atoms with E-state index < -0.39 is 32.1 Å². The number of nitrogens with two attached hydrogens (primary N) is 1. The molecule has 0 aromatic heterocycles. The van der Waals surface area contributed by atoms with Crippen molar-refractivity contribution in [3.8, 4) is 0 Å². The third kappa shape index (κ3) is 3.28. The first-order valence-corrected chi connectivity index (χ1v) is 8.03. The minimum Gasteiger partial charge on any atom is -0.399 e. The van der Waals surface area contributed by atoms with Gasteiger partial charge in [-0.1, -0.05) is 35.3 Å². The quantitative estimate of drug-likeness (QED) is 0.854. The van der Waals surface area contributed by atoms with Crippen LogP contribution in [0.2, 0.25) is 10.0 Å². The molecule has 8 heteroatoms. The van der Waals surface area contributed by atoms with Crippen LogP contribution in [0.1, 0.15) is 5.56 Å². The zero-order chi connectivity index (χ0) is 15.8. The van der Waals surface area contributed by atoms with Crippen molar-refractivity contribution in [2.24, 2.45) is 0 Å². The normalized spacial score (nSPS) is 11.6. The zero-order valence-electron chi connectivity index (χ0n) is 10.4. The van der Waals surface area contributed by atoms with Crippen LogP contribution in [-0.4, -0.2) is 8.42 Å². The molecule has 2 aromatic rings. The molecule has 3 nitrogen and oxygen atoms in total. The van der Waals surface area contributed by atoms with Gasteiger partial charge in [0.1, 0.15) is 16.5 Å². The first-order chi connectivity index (χ1) is 9.72. The van der Waals surface area contributed by atoms with E-state index in [9.17, 15) is 17.2 Å². The third-order valence-electron chi connectivity index (χ3n) is 2.71. The zero-order valence-corrected chi connectivity index (χ0v) is 12.7. The van der Waals surface area contributed by atoms with Gasteiger partial charge >= 0.3 is 0 Å². The molecule has 0 spiro atoms. The molecule has 112 valence electrons. The summed E-state index contributed by atoms with van der Waals surface area (Å²) in [6.07, 6.45) is 0. The molecular weight excluding hydrogens is 343 g/mol. The summed E-state index contributed by atoms with van der Waals surface area (Å²) in [5.74, 6) is -3.17. The Bertz CT molecular complexity index is 787. The van der Waals surface area contributed by atoms with Crippen LogP contribution in [0.25, 0.3) is 0 Å². The van der Waals surface area contributed by atoms with Crippen LogP contribution in [0.15, 0.2) is 35.2 Å². The fourth-order valence-electron chi connectivity index (χ4n) is 1.81. The number of hydrogen-bond acceptors (Lipinski definition) is 3. The lowest BCUT2D eigenvalue weighted by atomic mass is 10.2. The first-order valence-electron chi connectivity index (χ1n) is 5.62. The number of hydrogen-bond donors (Lipinski definition) is 1. The maximum atomic E-state index is 13.7. The predicted molar refractivity (Wildman–Crippen MR) is 78.1 cm³/mol. The standard InChI is InChI=1S/C13H9Cl2F2NO2S/c14-9-3-1-2-7(12(9)15)6-21(19,20)13-10(16)4-8(18)5-11(13)17/h1-5H,6,18H2. The van der Waals surface area contributed by atoms with Crippen molar-refractivity contribution in [2.45, 2.75) is 10.6 Å². The van der Waals surface area contributed by atoms with E-state index >= 15 is 0 Å². The molecule has 0 amide bonds. The summed E-state index contributed by atoms with van der Waals surface area (Å²) < 4.78 is 51.9. The van der Waals surface area contributed by atoms with Crippen molar-refractivity contribution in [3.05, 3.63) is 57.6 Å². The summed E-state index contributed by atoms with van der Waals surface area (Å²) >= 11 is 11.7. The molecule has 0 saturated carbocycles. The van der Waals surface area contributed by atoms with Crippen LogP contribution in [0.5, 0.6) is 0 Å². The summed E-state index contributed by atoms with van der Waals surface area (Å²) in [4.78, 5) is -1.03. The van der Waals surface area contributed by atoms with E-state index in [1.165, 1.54) is 18.2 Å². The molecule has 0 radical (unpaired) electrons. The minimum absolute atomic E-state index is 0.0269. The molecule has 2 rings (SSSR count). The number of sulfone groups is 1. The second-order valence-electron chi connectivity index (χ2n) is 4.29. The van der Waals surface area contributed by atoms with E-state index in [1.807, 2.05) is 0 Å². The van der Waals surface area contributed by atoms with E-state index in [1.54, 1.807) is 0 Å². The molecule has 0 atom stereocenters. The van der Waals surface area contributed by atoms with E-state index in [2.05, 4.69) is 0 Å². The number of rotatable bonds is 3. The Morgan fingerprint density at radius 2 is 1.67 bits per heavy atom. The van der Waals surface area contributed by atoms with Gasteiger partial charge in [0.05, 0.1) is 15.8 Å². The minimum atomic E-state index is -4.28. The predicted octanol–water partition coefficient (Wildman–Crippen LogP) is 3.83. The van der Waals surface area contributed by atoms with Gasteiger partial charge in [-0.2, -0.15) is 0 Å². The van der Waals surface area contributed by atoms with Gasteiger partial charge in [-0.05, 0) is 23.8 Å². The van der Waals surface area contributed by atoms with Gasteiger partial charge in [0.15, 0.2) is 9.84 Å². The monoisotopic (exact) mass is 351 g/mol. The number of anilines is 1. The lowest BCUT2D eigenvalue weighted by Gasteiger charge is -2.09.